The molecule has 0 saturated carbocycles. The number of benzene rings is 1. The Hall–Kier alpha value is -3.11. The van der Waals surface area contributed by atoms with Gasteiger partial charge in [-0.3, -0.25) is 9.59 Å². The molecule has 1 spiro atoms. The van der Waals surface area contributed by atoms with Crippen LogP contribution >= 0.6 is 0 Å². The van der Waals surface area contributed by atoms with E-state index in [9.17, 15) is 29.7 Å². The lowest BCUT2D eigenvalue weighted by Gasteiger charge is -2.61. The maximum Gasteiger partial charge on any atom is 0.345 e. The van der Waals surface area contributed by atoms with E-state index in [2.05, 4.69) is 9.64 Å². The Bertz CT molecular complexity index is 1100. The third kappa shape index (κ3) is 2.90. The number of aromatic hydroxyl groups is 1. The summed E-state index contributed by atoms with van der Waals surface area (Å²) in [5.74, 6) is -2.80. The number of rotatable bonds is 5. The molecule has 10 nitrogen and oxygen atoms in total. The summed E-state index contributed by atoms with van der Waals surface area (Å²) in [6, 6.07) is 3.22. The number of ether oxygens (including phenoxy) is 3. The molecule has 1 aromatic rings. The second kappa shape index (κ2) is 7.19. The number of piperidine rings is 1. The van der Waals surface area contributed by atoms with Gasteiger partial charge in [-0.2, -0.15) is 0 Å². The minimum atomic E-state index is -1.67. The average molecular weight is 459 g/mol. The third-order valence-corrected chi connectivity index (χ3v) is 7.52. The van der Waals surface area contributed by atoms with Crippen molar-refractivity contribution in [3.05, 3.63) is 35.1 Å². The minimum absolute atomic E-state index is 0.0521. The average Bonchev–Trinajstić information content (AvgIpc) is 3.09. The summed E-state index contributed by atoms with van der Waals surface area (Å²) < 4.78 is 16.4. The number of phenolic OH excluding ortho intramolecular Hbond substituents is 1. The van der Waals surface area contributed by atoms with E-state index in [4.69, 9.17) is 9.47 Å². The number of hydrogen-bond donors (Lipinski definition) is 3. The predicted octanol–water partition coefficient (Wildman–Crippen LogP) is 0.619. The number of aliphatic carboxylic acids is 1. The molecule has 4 aliphatic rings. The van der Waals surface area contributed by atoms with Crippen LogP contribution < -0.4 is 4.74 Å². The molecule has 5 rings (SSSR count). The number of likely N-dealkylation sites (tertiary alicyclic amines) is 1. The Kier molecular flexibility index (Phi) is 4.74. The van der Waals surface area contributed by atoms with E-state index in [0.717, 1.165) is 18.1 Å². The lowest BCUT2D eigenvalue weighted by Crippen LogP contribution is -2.74. The van der Waals surface area contributed by atoms with Crippen LogP contribution in [-0.4, -0.2) is 75.6 Å². The standard InChI is InChI=1S/C23H25NO9/c1-11(25)31-15(21(28)29)10-17(27)32-14-5-6-23(30)16-9-12-3-4-13(26)19-18(12)22(23,20(14)33-19)7-8-24(16)2/h3-5,15-16,20,26,30H,6-10H2,1-2H3,(H,28,29)/t15-,16+,20?,22?,23+/m0/s1. The van der Waals surface area contributed by atoms with E-state index in [-0.39, 0.29) is 29.7 Å². The molecule has 33 heavy (non-hydrogen) atoms. The number of carboxylic acid groups (broad SMARTS) is 1. The first-order valence-corrected chi connectivity index (χ1v) is 10.8. The smallest absolute Gasteiger partial charge is 0.345 e. The van der Waals surface area contributed by atoms with Crippen molar-refractivity contribution in [2.24, 2.45) is 0 Å². The molecule has 176 valence electrons. The lowest BCUT2D eigenvalue weighted by atomic mass is 9.50. The van der Waals surface area contributed by atoms with Crippen LogP contribution in [0.2, 0.25) is 0 Å². The number of likely N-dealkylation sites (N-methyl/N-ethyl adjacent to an activating group) is 1. The largest absolute Gasteiger partial charge is 0.504 e. The minimum Gasteiger partial charge on any atom is -0.504 e. The zero-order valence-corrected chi connectivity index (χ0v) is 18.2. The topological polar surface area (TPSA) is 143 Å². The summed E-state index contributed by atoms with van der Waals surface area (Å²) in [6.07, 6.45) is -0.298. The number of carbonyl (C=O) groups is 3. The lowest BCUT2D eigenvalue weighted by molar-refractivity contribution is -0.173. The van der Waals surface area contributed by atoms with Crippen molar-refractivity contribution in [3.63, 3.8) is 0 Å². The van der Waals surface area contributed by atoms with Gasteiger partial charge in [0.1, 0.15) is 5.76 Å². The molecule has 2 aliphatic carbocycles. The van der Waals surface area contributed by atoms with Crippen LogP contribution in [0.1, 0.15) is 37.3 Å². The van der Waals surface area contributed by atoms with E-state index in [1.807, 2.05) is 13.1 Å². The van der Waals surface area contributed by atoms with Crippen LogP contribution in [0, 0.1) is 0 Å². The SMILES string of the molecule is CC(=O)O[C@@H](CC(=O)OC1=CC[C@@]2(O)[C@H]3Cc4ccc(O)c5c4C2(CCN3C)C1O5)C(=O)O. The van der Waals surface area contributed by atoms with Gasteiger partial charge in [-0.25, -0.2) is 4.79 Å². The highest BCUT2D eigenvalue weighted by Gasteiger charge is 2.72. The molecule has 3 N–H and O–H groups in total. The van der Waals surface area contributed by atoms with Crippen LogP contribution in [0.4, 0.5) is 0 Å². The molecule has 2 bridgehead atoms. The molecule has 0 aromatic heterocycles. The maximum absolute atomic E-state index is 12.6. The first-order valence-electron chi connectivity index (χ1n) is 10.8. The van der Waals surface area contributed by atoms with Gasteiger partial charge in [0, 0.05) is 24.9 Å². The van der Waals surface area contributed by atoms with Crippen molar-refractivity contribution in [2.45, 2.75) is 61.9 Å². The normalized spacial score (nSPS) is 32.2. The number of phenols is 1. The van der Waals surface area contributed by atoms with Gasteiger partial charge in [0.2, 0.25) is 6.10 Å². The number of carboxylic acids is 1. The Morgan fingerprint density at radius 2 is 2.09 bits per heavy atom. The van der Waals surface area contributed by atoms with Gasteiger partial charge < -0.3 is 34.4 Å². The molecule has 0 amide bonds. The second-order valence-electron chi connectivity index (χ2n) is 9.22. The molecule has 5 atom stereocenters. The first-order chi connectivity index (χ1) is 15.6. The third-order valence-electron chi connectivity index (χ3n) is 7.52. The fourth-order valence-corrected chi connectivity index (χ4v) is 6.14. The summed E-state index contributed by atoms with van der Waals surface area (Å²) in [5.41, 5.74) is -0.393. The molecule has 2 unspecified atom stereocenters. The predicted molar refractivity (Wildman–Crippen MR) is 110 cm³/mol. The number of aliphatic hydroxyl groups is 1. The van der Waals surface area contributed by atoms with Crippen molar-refractivity contribution in [1.29, 1.82) is 0 Å². The monoisotopic (exact) mass is 459 g/mol. The van der Waals surface area contributed by atoms with Gasteiger partial charge >= 0.3 is 17.9 Å². The molecule has 0 radical (unpaired) electrons. The van der Waals surface area contributed by atoms with Crippen molar-refractivity contribution in [3.8, 4) is 11.5 Å². The summed E-state index contributed by atoms with van der Waals surface area (Å²) >= 11 is 0. The number of carbonyl (C=O) groups excluding carboxylic acids is 2. The fourth-order valence-electron chi connectivity index (χ4n) is 6.14. The molecule has 10 heteroatoms. The van der Waals surface area contributed by atoms with Crippen LogP contribution in [0.3, 0.4) is 0 Å². The summed E-state index contributed by atoms with van der Waals surface area (Å²) in [7, 11) is 1.97. The molecule has 1 saturated heterocycles. The number of nitrogens with zero attached hydrogens (tertiary/aromatic N) is 1. The summed E-state index contributed by atoms with van der Waals surface area (Å²) in [5, 5.41) is 31.8. The number of hydrogen-bond acceptors (Lipinski definition) is 9. The molecule has 1 aromatic carbocycles. The van der Waals surface area contributed by atoms with Crippen LogP contribution in [0.5, 0.6) is 11.5 Å². The van der Waals surface area contributed by atoms with Crippen molar-refractivity contribution in [1.82, 2.24) is 4.90 Å². The number of esters is 2. The highest BCUT2D eigenvalue weighted by atomic mass is 16.6. The summed E-state index contributed by atoms with van der Waals surface area (Å²) in [6.45, 7) is 1.73. The van der Waals surface area contributed by atoms with E-state index in [1.165, 1.54) is 0 Å². The first kappa shape index (κ1) is 21.7. The van der Waals surface area contributed by atoms with Crippen molar-refractivity contribution >= 4 is 17.9 Å². The highest BCUT2D eigenvalue weighted by molar-refractivity contribution is 5.83. The van der Waals surface area contributed by atoms with Gasteiger partial charge in [-0.05, 0) is 44.1 Å². The van der Waals surface area contributed by atoms with E-state index < -0.39 is 47.6 Å². The Morgan fingerprint density at radius 3 is 2.79 bits per heavy atom. The highest BCUT2D eigenvalue weighted by Crippen LogP contribution is 2.65. The van der Waals surface area contributed by atoms with Gasteiger partial charge in [0.25, 0.3) is 0 Å². The van der Waals surface area contributed by atoms with Crippen molar-refractivity contribution < 1.29 is 43.9 Å². The molecular weight excluding hydrogens is 434 g/mol. The van der Waals surface area contributed by atoms with Gasteiger partial charge in [-0.1, -0.05) is 6.07 Å². The van der Waals surface area contributed by atoms with Gasteiger partial charge in [0.05, 0.1) is 17.4 Å². The van der Waals surface area contributed by atoms with Crippen molar-refractivity contribution in [2.75, 3.05) is 13.6 Å². The van der Waals surface area contributed by atoms with Crippen LogP contribution in [0.15, 0.2) is 24.0 Å². The Balaban J connectivity index is 1.51. The zero-order valence-electron chi connectivity index (χ0n) is 18.2. The van der Waals surface area contributed by atoms with E-state index in [0.29, 0.717) is 19.4 Å². The maximum atomic E-state index is 12.6. The summed E-state index contributed by atoms with van der Waals surface area (Å²) in [4.78, 5) is 37.2. The Labute approximate surface area is 189 Å². The fraction of sp³-hybridized carbons (Fsp3) is 0.522. The molecule has 1 fully saturated rings. The van der Waals surface area contributed by atoms with E-state index >= 15 is 0 Å². The van der Waals surface area contributed by atoms with Gasteiger partial charge in [-0.15, -0.1) is 0 Å². The van der Waals surface area contributed by atoms with E-state index in [1.54, 1.807) is 12.1 Å². The second-order valence-corrected chi connectivity index (χ2v) is 9.22. The zero-order chi connectivity index (χ0) is 23.7. The Morgan fingerprint density at radius 1 is 1.33 bits per heavy atom. The molecule has 2 heterocycles. The van der Waals surface area contributed by atoms with Crippen LogP contribution in [0.25, 0.3) is 0 Å². The van der Waals surface area contributed by atoms with Crippen LogP contribution in [-0.2, 0) is 35.7 Å². The quantitative estimate of drug-likeness (QED) is 0.536. The van der Waals surface area contributed by atoms with Gasteiger partial charge in [0.15, 0.2) is 17.6 Å². The molecule has 2 aliphatic heterocycles. The molecular formula is C23H25NO9.